The molecule has 0 spiro atoms. The number of hydrogen-bond acceptors (Lipinski definition) is 2. The van der Waals surface area contributed by atoms with E-state index in [4.69, 9.17) is 0 Å². The zero-order valence-electron chi connectivity index (χ0n) is 4.26. The summed E-state index contributed by atoms with van der Waals surface area (Å²) in [5.41, 5.74) is 0. The van der Waals surface area contributed by atoms with E-state index in [9.17, 15) is 10.1 Å². The minimum Gasteiger partial charge on any atom is -0.264 e. The molecule has 41 valence electrons. The molecule has 0 fully saturated rings. The van der Waals surface area contributed by atoms with Crippen molar-refractivity contribution in [2.24, 2.45) is 0 Å². The molecule has 0 amide bonds. The van der Waals surface area contributed by atoms with E-state index in [0.717, 1.165) is 0 Å². The van der Waals surface area contributed by atoms with Crippen molar-refractivity contribution in [2.75, 3.05) is 0 Å². The van der Waals surface area contributed by atoms with Crippen molar-refractivity contribution in [1.82, 2.24) is 0 Å². The number of nitrogens with zero attached hydrogens (tertiary/aromatic N) is 1. The molecule has 0 aromatic carbocycles. The van der Waals surface area contributed by atoms with Crippen LogP contribution in [0.25, 0.3) is 0 Å². The van der Waals surface area contributed by atoms with Gasteiger partial charge in [-0.3, -0.25) is 10.1 Å². The van der Waals surface area contributed by atoms with Gasteiger partial charge in [-0.25, -0.2) is 0 Å². The molecule has 0 heterocycles. The van der Waals surface area contributed by atoms with E-state index < -0.39 is 6.04 Å². The van der Waals surface area contributed by atoms with Crippen molar-refractivity contribution in [2.45, 2.75) is 19.4 Å². The predicted molar refractivity (Wildman–Crippen MR) is 26.4 cm³/mol. The van der Waals surface area contributed by atoms with Crippen LogP contribution in [0.4, 0.5) is 0 Å². The van der Waals surface area contributed by atoms with Crippen LogP contribution in [0.15, 0.2) is 0 Å². The summed E-state index contributed by atoms with van der Waals surface area (Å²) in [6.07, 6.45) is 0.368. The van der Waals surface area contributed by atoms with E-state index in [-0.39, 0.29) is 4.92 Å². The summed E-state index contributed by atoms with van der Waals surface area (Å²) >= 11 is 0. The first kappa shape index (κ1) is 6.40. The molecule has 3 nitrogen and oxygen atoms in total. The van der Waals surface area contributed by atoms with Gasteiger partial charge in [0.25, 0.3) is 0 Å². The first-order valence-corrected chi connectivity index (χ1v) is 2.11. The minimum atomic E-state index is -0.486. The molecule has 1 unspecified atom stereocenters. The van der Waals surface area contributed by atoms with E-state index >= 15 is 0 Å². The van der Waals surface area contributed by atoms with E-state index in [1.165, 1.54) is 6.92 Å². The fraction of sp³-hybridized carbons (Fsp3) is 0.750. The summed E-state index contributed by atoms with van der Waals surface area (Å²) in [6.45, 7) is 4.90. The third kappa shape index (κ3) is 2.14. The van der Waals surface area contributed by atoms with Crippen molar-refractivity contribution in [3.8, 4) is 0 Å². The quantitative estimate of drug-likeness (QED) is 0.383. The van der Waals surface area contributed by atoms with Crippen LogP contribution in [0.1, 0.15) is 13.3 Å². The Labute approximate surface area is 42.5 Å². The van der Waals surface area contributed by atoms with Gasteiger partial charge in [-0.2, -0.15) is 0 Å². The Morgan fingerprint density at radius 3 is 2.43 bits per heavy atom. The number of hydrogen-bond donors (Lipinski definition) is 0. The smallest absolute Gasteiger partial charge is 0.210 e. The van der Waals surface area contributed by atoms with Gasteiger partial charge in [-0.15, -0.1) is 0 Å². The predicted octanol–water partition coefficient (Wildman–Crippen LogP) is 0.876. The molecule has 0 aliphatic rings. The molecule has 0 aromatic rings. The number of rotatable bonds is 2. The lowest BCUT2D eigenvalue weighted by atomic mass is 10.3. The normalized spacial score (nSPS) is 13.4. The van der Waals surface area contributed by atoms with Gasteiger partial charge in [0, 0.05) is 18.3 Å². The highest BCUT2D eigenvalue weighted by Gasteiger charge is 2.06. The third-order valence-electron chi connectivity index (χ3n) is 0.778. The average Bonchev–Trinajstić information content (AvgIpc) is 1.65. The maximum Gasteiger partial charge on any atom is 0.210 e. The highest BCUT2D eigenvalue weighted by atomic mass is 16.6. The van der Waals surface area contributed by atoms with Crippen molar-refractivity contribution in [1.29, 1.82) is 0 Å². The standard InChI is InChI=1S/C4H8NO2/c1-3-4(2)5(6)7/h4H,1,3H2,2H3. The molecule has 1 radical (unpaired) electrons. The Balaban J connectivity index is 3.34. The summed E-state index contributed by atoms with van der Waals surface area (Å²) in [5, 5.41) is 9.70. The van der Waals surface area contributed by atoms with Gasteiger partial charge in [0.2, 0.25) is 6.04 Å². The second kappa shape index (κ2) is 2.55. The number of nitro groups is 1. The summed E-state index contributed by atoms with van der Waals surface area (Å²) < 4.78 is 0. The average molecular weight is 102 g/mol. The Hall–Kier alpha value is -0.600. The maximum atomic E-state index is 9.70. The molecule has 1 atom stereocenters. The van der Waals surface area contributed by atoms with Crippen molar-refractivity contribution < 1.29 is 4.92 Å². The first-order chi connectivity index (χ1) is 3.18. The van der Waals surface area contributed by atoms with Crippen molar-refractivity contribution >= 4 is 0 Å². The van der Waals surface area contributed by atoms with E-state index in [1.54, 1.807) is 0 Å². The van der Waals surface area contributed by atoms with Gasteiger partial charge >= 0.3 is 0 Å². The molecule has 0 aromatic heterocycles. The molecule has 0 aliphatic heterocycles. The van der Waals surface area contributed by atoms with Gasteiger partial charge in [-0.1, -0.05) is 0 Å². The molecule has 0 saturated carbocycles. The summed E-state index contributed by atoms with van der Waals surface area (Å²) in [4.78, 5) is 9.36. The monoisotopic (exact) mass is 102 g/mol. The van der Waals surface area contributed by atoms with E-state index in [1.807, 2.05) is 0 Å². The Kier molecular flexibility index (Phi) is 2.33. The van der Waals surface area contributed by atoms with Gasteiger partial charge in [-0.05, 0) is 6.92 Å². The van der Waals surface area contributed by atoms with E-state index in [2.05, 4.69) is 6.92 Å². The van der Waals surface area contributed by atoms with Gasteiger partial charge in [0.05, 0.1) is 0 Å². The lowest BCUT2D eigenvalue weighted by Gasteiger charge is -1.94. The fourth-order valence-electron chi connectivity index (χ4n) is 0.105. The maximum absolute atomic E-state index is 9.70. The van der Waals surface area contributed by atoms with Crippen LogP contribution in [-0.4, -0.2) is 11.0 Å². The summed E-state index contributed by atoms with van der Waals surface area (Å²) in [6, 6.07) is -0.486. The zero-order chi connectivity index (χ0) is 5.86. The van der Waals surface area contributed by atoms with Gasteiger partial charge < -0.3 is 0 Å². The summed E-state index contributed by atoms with van der Waals surface area (Å²) in [7, 11) is 0. The first-order valence-electron chi connectivity index (χ1n) is 2.11. The van der Waals surface area contributed by atoms with Crippen LogP contribution in [-0.2, 0) is 0 Å². The van der Waals surface area contributed by atoms with Crippen LogP contribution in [0, 0.1) is 17.0 Å². The Bertz CT molecular complexity index is 72.1. The largest absolute Gasteiger partial charge is 0.264 e. The van der Waals surface area contributed by atoms with Crippen LogP contribution >= 0.6 is 0 Å². The SMILES string of the molecule is [CH2]CC(C)[N+](=O)[O-]. The Morgan fingerprint density at radius 1 is 2.00 bits per heavy atom. The lowest BCUT2D eigenvalue weighted by Crippen LogP contribution is -2.12. The molecule has 7 heavy (non-hydrogen) atoms. The van der Waals surface area contributed by atoms with Crippen LogP contribution in [0.3, 0.4) is 0 Å². The van der Waals surface area contributed by atoms with Crippen LogP contribution in [0.5, 0.6) is 0 Å². The molecule has 0 bridgehead atoms. The molecular formula is C4H8NO2. The van der Waals surface area contributed by atoms with Crippen LogP contribution in [0.2, 0.25) is 0 Å². The van der Waals surface area contributed by atoms with Gasteiger partial charge in [0.15, 0.2) is 0 Å². The van der Waals surface area contributed by atoms with Crippen molar-refractivity contribution in [3.63, 3.8) is 0 Å². The molecule has 0 rings (SSSR count). The third-order valence-corrected chi connectivity index (χ3v) is 0.778. The zero-order valence-corrected chi connectivity index (χ0v) is 4.26. The molecule has 0 aliphatic carbocycles. The van der Waals surface area contributed by atoms with Crippen LogP contribution < -0.4 is 0 Å². The highest BCUT2D eigenvalue weighted by molar-refractivity contribution is 4.47. The molecular weight excluding hydrogens is 94.0 g/mol. The summed E-state index contributed by atoms with van der Waals surface area (Å²) in [5.74, 6) is 0. The second-order valence-electron chi connectivity index (χ2n) is 1.42. The highest BCUT2D eigenvalue weighted by Crippen LogP contribution is 1.90. The lowest BCUT2D eigenvalue weighted by molar-refractivity contribution is -0.517. The van der Waals surface area contributed by atoms with E-state index in [0.29, 0.717) is 6.42 Å². The molecule has 0 saturated heterocycles. The molecule has 0 N–H and O–H groups in total. The topological polar surface area (TPSA) is 43.1 Å². The molecule has 3 heteroatoms. The van der Waals surface area contributed by atoms with Crippen molar-refractivity contribution in [3.05, 3.63) is 17.0 Å². The fourth-order valence-corrected chi connectivity index (χ4v) is 0.105. The van der Waals surface area contributed by atoms with Gasteiger partial charge in [0.1, 0.15) is 0 Å². The Morgan fingerprint density at radius 2 is 2.43 bits per heavy atom. The second-order valence-corrected chi connectivity index (χ2v) is 1.42. The minimum absolute atomic E-state index is 0.340.